The molecule has 4 nitrogen and oxygen atoms in total. The van der Waals surface area contributed by atoms with E-state index in [4.69, 9.17) is 5.73 Å². The number of hydrogen-bond acceptors (Lipinski definition) is 4. The topological polar surface area (TPSA) is 62.4 Å². The van der Waals surface area contributed by atoms with Crippen LogP contribution < -0.4 is 10.6 Å². The fraction of sp³-hybridized carbons (Fsp3) is 0.615. The van der Waals surface area contributed by atoms with Crippen LogP contribution in [0.25, 0.3) is 0 Å². The van der Waals surface area contributed by atoms with Gasteiger partial charge in [-0.05, 0) is 37.3 Å². The molecule has 2 aliphatic rings. The van der Waals surface area contributed by atoms with Crippen LogP contribution in [0.2, 0.25) is 0 Å². The first kappa shape index (κ1) is 10.8. The maximum atomic E-state index is 9.90. The molecule has 2 heterocycles. The molecule has 1 aliphatic carbocycles. The molecule has 3 atom stereocenters. The van der Waals surface area contributed by atoms with Crippen LogP contribution in [0.15, 0.2) is 12.3 Å². The lowest BCUT2D eigenvalue weighted by Gasteiger charge is -2.20. The lowest BCUT2D eigenvalue weighted by molar-refractivity contribution is 0.133. The number of pyridine rings is 1. The minimum absolute atomic E-state index is 0.111. The summed E-state index contributed by atoms with van der Waals surface area (Å²) in [6, 6.07) is 2.04. The highest BCUT2D eigenvalue weighted by Gasteiger charge is 2.42. The smallest absolute Gasteiger partial charge is 0.128 e. The van der Waals surface area contributed by atoms with E-state index in [-0.39, 0.29) is 6.10 Å². The van der Waals surface area contributed by atoms with Gasteiger partial charge in [-0.15, -0.1) is 0 Å². The summed E-state index contributed by atoms with van der Waals surface area (Å²) in [5.41, 5.74) is 7.60. The number of anilines is 2. The summed E-state index contributed by atoms with van der Waals surface area (Å²) in [6.07, 6.45) is 3.74. The zero-order chi connectivity index (χ0) is 12.0. The molecule has 3 unspecified atom stereocenters. The summed E-state index contributed by atoms with van der Waals surface area (Å²) in [7, 11) is 0. The Morgan fingerprint density at radius 1 is 1.41 bits per heavy atom. The van der Waals surface area contributed by atoms with Crippen molar-refractivity contribution in [3.63, 3.8) is 0 Å². The molecule has 1 aliphatic heterocycles. The number of rotatable bonds is 1. The van der Waals surface area contributed by atoms with Crippen LogP contribution in [0.4, 0.5) is 11.5 Å². The van der Waals surface area contributed by atoms with Crippen LogP contribution in [-0.2, 0) is 0 Å². The van der Waals surface area contributed by atoms with Gasteiger partial charge in [0.15, 0.2) is 0 Å². The van der Waals surface area contributed by atoms with E-state index in [0.717, 1.165) is 43.0 Å². The Morgan fingerprint density at radius 2 is 2.24 bits per heavy atom. The lowest BCUT2D eigenvalue weighted by atomic mass is 10.00. The molecule has 1 aromatic heterocycles. The third-order valence-electron chi connectivity index (χ3n) is 4.28. The van der Waals surface area contributed by atoms with Crippen molar-refractivity contribution < 1.29 is 5.11 Å². The Labute approximate surface area is 101 Å². The molecule has 1 saturated heterocycles. The summed E-state index contributed by atoms with van der Waals surface area (Å²) in [5, 5.41) is 9.90. The van der Waals surface area contributed by atoms with Crippen LogP contribution in [0, 0.1) is 18.8 Å². The number of nitrogens with two attached hydrogens (primary N) is 1. The van der Waals surface area contributed by atoms with E-state index in [2.05, 4.69) is 9.88 Å². The fourth-order valence-electron chi connectivity index (χ4n) is 3.15. The SMILES string of the molecule is Cc1cc(N2CC3CCC(O)C3C2)ncc1N. The van der Waals surface area contributed by atoms with Crippen molar-refractivity contribution in [1.29, 1.82) is 0 Å². The molecular formula is C13H19N3O. The third-order valence-corrected chi connectivity index (χ3v) is 4.28. The standard InChI is InChI=1S/C13H19N3O/c1-8-4-13(15-5-11(8)14)16-6-9-2-3-12(17)10(9)7-16/h4-5,9-10,12,17H,2-3,6-7,14H2,1H3. The van der Waals surface area contributed by atoms with Gasteiger partial charge < -0.3 is 15.7 Å². The molecule has 3 rings (SSSR count). The van der Waals surface area contributed by atoms with Crippen molar-refractivity contribution >= 4 is 11.5 Å². The predicted molar refractivity (Wildman–Crippen MR) is 67.8 cm³/mol. The molecule has 1 saturated carbocycles. The van der Waals surface area contributed by atoms with Crippen molar-refractivity contribution in [1.82, 2.24) is 4.98 Å². The number of aliphatic hydroxyl groups is 1. The summed E-state index contributed by atoms with van der Waals surface area (Å²) >= 11 is 0. The molecule has 92 valence electrons. The quantitative estimate of drug-likeness (QED) is 0.764. The summed E-state index contributed by atoms with van der Waals surface area (Å²) < 4.78 is 0. The molecule has 0 bridgehead atoms. The minimum atomic E-state index is -0.111. The average Bonchev–Trinajstić information content (AvgIpc) is 2.86. The average molecular weight is 233 g/mol. The molecule has 0 aromatic carbocycles. The Balaban J connectivity index is 1.80. The van der Waals surface area contributed by atoms with E-state index in [9.17, 15) is 5.11 Å². The van der Waals surface area contributed by atoms with Crippen molar-refractivity contribution in [2.75, 3.05) is 23.7 Å². The summed E-state index contributed by atoms with van der Waals surface area (Å²) in [4.78, 5) is 6.67. The lowest BCUT2D eigenvalue weighted by Crippen LogP contribution is -2.25. The fourth-order valence-corrected chi connectivity index (χ4v) is 3.15. The van der Waals surface area contributed by atoms with E-state index in [0.29, 0.717) is 11.8 Å². The van der Waals surface area contributed by atoms with Gasteiger partial charge in [0.2, 0.25) is 0 Å². The van der Waals surface area contributed by atoms with E-state index in [1.54, 1.807) is 6.20 Å². The Morgan fingerprint density at radius 3 is 2.94 bits per heavy atom. The highest BCUT2D eigenvalue weighted by Crippen LogP contribution is 2.39. The van der Waals surface area contributed by atoms with Gasteiger partial charge in [0.05, 0.1) is 18.0 Å². The molecule has 2 fully saturated rings. The van der Waals surface area contributed by atoms with Crippen molar-refractivity contribution in [2.45, 2.75) is 25.9 Å². The van der Waals surface area contributed by atoms with Crippen molar-refractivity contribution in [3.8, 4) is 0 Å². The largest absolute Gasteiger partial charge is 0.397 e. The second-order valence-corrected chi connectivity index (χ2v) is 5.37. The monoisotopic (exact) mass is 233 g/mol. The number of hydrogen-bond donors (Lipinski definition) is 2. The van der Waals surface area contributed by atoms with Gasteiger partial charge in [0.25, 0.3) is 0 Å². The van der Waals surface area contributed by atoms with Crippen LogP contribution >= 0.6 is 0 Å². The Hall–Kier alpha value is -1.29. The van der Waals surface area contributed by atoms with Gasteiger partial charge in [-0.25, -0.2) is 4.98 Å². The second-order valence-electron chi connectivity index (χ2n) is 5.37. The van der Waals surface area contributed by atoms with Crippen molar-refractivity contribution in [2.24, 2.45) is 11.8 Å². The molecule has 1 aromatic rings. The highest BCUT2D eigenvalue weighted by molar-refractivity contribution is 5.52. The van der Waals surface area contributed by atoms with Crippen LogP contribution in [0.1, 0.15) is 18.4 Å². The van der Waals surface area contributed by atoms with Crippen LogP contribution in [0.3, 0.4) is 0 Å². The van der Waals surface area contributed by atoms with E-state index in [1.807, 2.05) is 13.0 Å². The van der Waals surface area contributed by atoms with Gasteiger partial charge in [-0.2, -0.15) is 0 Å². The van der Waals surface area contributed by atoms with E-state index >= 15 is 0 Å². The molecular weight excluding hydrogens is 214 g/mol. The predicted octanol–water partition coefficient (Wildman–Crippen LogP) is 1.18. The van der Waals surface area contributed by atoms with Gasteiger partial charge in [0.1, 0.15) is 5.82 Å². The highest BCUT2D eigenvalue weighted by atomic mass is 16.3. The van der Waals surface area contributed by atoms with Crippen LogP contribution in [-0.4, -0.2) is 29.3 Å². The second kappa shape index (κ2) is 3.88. The van der Waals surface area contributed by atoms with Gasteiger partial charge >= 0.3 is 0 Å². The number of aryl methyl sites for hydroxylation is 1. The maximum Gasteiger partial charge on any atom is 0.128 e. The number of fused-ring (bicyclic) bond motifs is 1. The Kier molecular flexibility index (Phi) is 2.47. The molecule has 0 radical (unpaired) electrons. The number of aliphatic hydroxyl groups excluding tert-OH is 1. The zero-order valence-electron chi connectivity index (χ0n) is 10.1. The minimum Gasteiger partial charge on any atom is -0.397 e. The van der Waals surface area contributed by atoms with Crippen LogP contribution in [0.5, 0.6) is 0 Å². The third kappa shape index (κ3) is 1.76. The number of aromatic nitrogens is 1. The maximum absolute atomic E-state index is 9.90. The number of nitrogens with zero attached hydrogens (tertiary/aromatic N) is 2. The molecule has 0 amide bonds. The Bertz CT molecular complexity index is 435. The summed E-state index contributed by atoms with van der Waals surface area (Å²) in [6.45, 7) is 3.96. The zero-order valence-corrected chi connectivity index (χ0v) is 10.1. The van der Waals surface area contributed by atoms with E-state index < -0.39 is 0 Å². The summed E-state index contributed by atoms with van der Waals surface area (Å²) in [5.74, 6) is 2.08. The van der Waals surface area contributed by atoms with Gasteiger partial charge in [-0.1, -0.05) is 0 Å². The molecule has 4 heteroatoms. The van der Waals surface area contributed by atoms with Gasteiger partial charge in [0, 0.05) is 19.0 Å². The van der Waals surface area contributed by atoms with E-state index in [1.165, 1.54) is 0 Å². The first-order chi connectivity index (χ1) is 8.15. The first-order valence-corrected chi connectivity index (χ1v) is 6.30. The first-order valence-electron chi connectivity index (χ1n) is 6.30. The van der Waals surface area contributed by atoms with Gasteiger partial charge in [-0.3, -0.25) is 0 Å². The number of nitrogen functional groups attached to an aromatic ring is 1. The molecule has 3 N–H and O–H groups in total. The molecule has 17 heavy (non-hydrogen) atoms. The molecule has 0 spiro atoms. The van der Waals surface area contributed by atoms with Crippen molar-refractivity contribution in [3.05, 3.63) is 17.8 Å². The normalized spacial score (nSPS) is 31.9.